The highest BCUT2D eigenvalue weighted by Gasteiger charge is 2.44. The molecule has 0 aliphatic carbocycles. The summed E-state index contributed by atoms with van der Waals surface area (Å²) in [7, 11) is 0. The highest BCUT2D eigenvalue weighted by Crippen LogP contribution is 2.34. The van der Waals surface area contributed by atoms with Crippen LogP contribution in [0.15, 0.2) is 0 Å². The number of halogens is 1. The molecule has 0 aromatic heterocycles. The van der Waals surface area contributed by atoms with Crippen LogP contribution in [0, 0.1) is 11.8 Å². The van der Waals surface area contributed by atoms with E-state index < -0.39 is 0 Å². The zero-order chi connectivity index (χ0) is 11.9. The molecular weight excluding hydrogens is 226 g/mol. The third-order valence-electron chi connectivity index (χ3n) is 3.97. The van der Waals surface area contributed by atoms with E-state index in [9.17, 15) is 4.79 Å². The third kappa shape index (κ3) is 2.07. The van der Waals surface area contributed by atoms with Gasteiger partial charge in [0.1, 0.15) is 0 Å². The van der Waals surface area contributed by atoms with Gasteiger partial charge in [-0.3, -0.25) is 4.79 Å². The van der Waals surface area contributed by atoms with Gasteiger partial charge in [-0.05, 0) is 26.2 Å². The Morgan fingerprint density at radius 1 is 1.31 bits per heavy atom. The lowest BCUT2D eigenvalue weighted by Gasteiger charge is -2.24. The molecule has 5 unspecified atom stereocenters. The van der Waals surface area contributed by atoms with Gasteiger partial charge in [0.25, 0.3) is 0 Å². The summed E-state index contributed by atoms with van der Waals surface area (Å²) < 4.78 is 5.71. The number of carbonyl (C=O) groups excluding carboxylic acids is 1. The van der Waals surface area contributed by atoms with Crippen molar-refractivity contribution in [2.45, 2.75) is 44.8 Å². The van der Waals surface area contributed by atoms with Gasteiger partial charge in [0, 0.05) is 13.1 Å². The Morgan fingerprint density at radius 3 is 2.44 bits per heavy atom. The van der Waals surface area contributed by atoms with Gasteiger partial charge < -0.3 is 9.64 Å². The van der Waals surface area contributed by atoms with E-state index in [4.69, 9.17) is 16.3 Å². The molecule has 2 fully saturated rings. The number of amides is 1. The molecule has 2 heterocycles. The maximum absolute atomic E-state index is 12.3. The van der Waals surface area contributed by atoms with Crippen molar-refractivity contribution in [3.8, 4) is 0 Å². The summed E-state index contributed by atoms with van der Waals surface area (Å²) in [4.78, 5) is 14.2. The summed E-state index contributed by atoms with van der Waals surface area (Å²) in [5, 5.41) is 0.134. The lowest BCUT2D eigenvalue weighted by atomic mass is 9.88. The van der Waals surface area contributed by atoms with Gasteiger partial charge in [0.05, 0.1) is 23.5 Å². The number of rotatable bonds is 1. The number of hydrogen-bond donors (Lipinski definition) is 0. The molecule has 4 heteroatoms. The summed E-state index contributed by atoms with van der Waals surface area (Å²) >= 11 is 6.03. The number of carbonyl (C=O) groups is 1. The first kappa shape index (κ1) is 12.2. The molecule has 0 radical (unpaired) electrons. The van der Waals surface area contributed by atoms with Gasteiger partial charge in [0.2, 0.25) is 5.91 Å². The summed E-state index contributed by atoms with van der Waals surface area (Å²) in [6, 6.07) is 0. The van der Waals surface area contributed by atoms with Crippen molar-refractivity contribution in [1.29, 1.82) is 0 Å². The van der Waals surface area contributed by atoms with Crippen molar-refractivity contribution in [3.63, 3.8) is 0 Å². The molecule has 0 bridgehead atoms. The highest BCUT2D eigenvalue weighted by atomic mass is 35.5. The minimum atomic E-state index is 0.0111. The smallest absolute Gasteiger partial charge is 0.228 e. The highest BCUT2D eigenvalue weighted by molar-refractivity contribution is 6.21. The Labute approximate surface area is 102 Å². The predicted octanol–water partition coefficient (Wildman–Crippen LogP) is 1.89. The topological polar surface area (TPSA) is 29.5 Å². The van der Waals surface area contributed by atoms with E-state index in [1.54, 1.807) is 0 Å². The van der Waals surface area contributed by atoms with Gasteiger partial charge in [-0.15, -0.1) is 11.6 Å². The van der Waals surface area contributed by atoms with Gasteiger partial charge in [-0.2, -0.15) is 0 Å². The first-order valence-electron chi connectivity index (χ1n) is 6.09. The van der Waals surface area contributed by atoms with E-state index in [0.717, 1.165) is 13.0 Å². The van der Waals surface area contributed by atoms with E-state index >= 15 is 0 Å². The SMILES string of the molecule is CC1OC(C)C(C(=O)N2CCC(Cl)C2)C1C. The quantitative estimate of drug-likeness (QED) is 0.661. The molecule has 0 aromatic rings. The molecule has 92 valence electrons. The fraction of sp³-hybridized carbons (Fsp3) is 0.917. The van der Waals surface area contributed by atoms with Gasteiger partial charge in [0.15, 0.2) is 0 Å². The number of nitrogens with zero attached hydrogens (tertiary/aromatic N) is 1. The molecule has 1 amide bonds. The fourth-order valence-corrected chi connectivity index (χ4v) is 3.09. The van der Waals surface area contributed by atoms with E-state index in [-0.39, 0.29) is 29.4 Å². The van der Waals surface area contributed by atoms with Crippen LogP contribution in [0.1, 0.15) is 27.2 Å². The molecule has 0 aromatic carbocycles. The molecule has 0 spiro atoms. The molecule has 0 N–H and O–H groups in total. The maximum atomic E-state index is 12.3. The van der Waals surface area contributed by atoms with Crippen LogP contribution in [0.3, 0.4) is 0 Å². The summed E-state index contributed by atoms with van der Waals surface area (Å²) in [5.41, 5.74) is 0. The standard InChI is InChI=1S/C12H20ClNO2/c1-7-8(2)16-9(3)11(7)12(15)14-5-4-10(13)6-14/h7-11H,4-6H2,1-3H3. The van der Waals surface area contributed by atoms with Crippen LogP contribution in [-0.4, -0.2) is 41.5 Å². The number of ether oxygens (including phenoxy) is 1. The lowest BCUT2D eigenvalue weighted by Crippen LogP contribution is -2.39. The van der Waals surface area contributed by atoms with Crippen molar-refractivity contribution >= 4 is 17.5 Å². The zero-order valence-electron chi connectivity index (χ0n) is 10.1. The van der Waals surface area contributed by atoms with Gasteiger partial charge in [-0.1, -0.05) is 6.92 Å². The minimum absolute atomic E-state index is 0.0111. The van der Waals surface area contributed by atoms with Crippen molar-refractivity contribution in [2.75, 3.05) is 13.1 Å². The minimum Gasteiger partial charge on any atom is -0.374 e. The van der Waals surface area contributed by atoms with Gasteiger partial charge >= 0.3 is 0 Å². The van der Waals surface area contributed by atoms with E-state index in [1.165, 1.54) is 0 Å². The first-order valence-corrected chi connectivity index (χ1v) is 6.52. The Kier molecular flexibility index (Phi) is 3.45. The number of hydrogen-bond acceptors (Lipinski definition) is 2. The molecule has 2 rings (SSSR count). The van der Waals surface area contributed by atoms with Crippen molar-refractivity contribution < 1.29 is 9.53 Å². The average molecular weight is 246 g/mol. The van der Waals surface area contributed by atoms with Crippen molar-refractivity contribution in [2.24, 2.45) is 11.8 Å². The molecular formula is C12H20ClNO2. The monoisotopic (exact) mass is 245 g/mol. The van der Waals surface area contributed by atoms with Crippen LogP contribution in [0.4, 0.5) is 0 Å². The Hall–Kier alpha value is -0.280. The number of likely N-dealkylation sites (tertiary alicyclic amines) is 1. The number of alkyl halides is 1. The molecule has 3 nitrogen and oxygen atoms in total. The van der Waals surface area contributed by atoms with E-state index in [1.807, 2.05) is 18.7 Å². The lowest BCUT2D eigenvalue weighted by molar-refractivity contribution is -0.136. The Balaban J connectivity index is 2.04. The normalized spacial score (nSPS) is 44.0. The van der Waals surface area contributed by atoms with Gasteiger partial charge in [-0.25, -0.2) is 0 Å². The van der Waals surface area contributed by atoms with Crippen LogP contribution in [-0.2, 0) is 9.53 Å². The third-order valence-corrected chi connectivity index (χ3v) is 4.33. The van der Waals surface area contributed by atoms with Crippen LogP contribution >= 0.6 is 11.6 Å². The van der Waals surface area contributed by atoms with Crippen LogP contribution in [0.2, 0.25) is 0 Å². The maximum Gasteiger partial charge on any atom is 0.228 e. The average Bonchev–Trinajstić information content (AvgIpc) is 2.73. The molecule has 16 heavy (non-hydrogen) atoms. The Morgan fingerprint density at radius 2 is 2.00 bits per heavy atom. The zero-order valence-corrected chi connectivity index (χ0v) is 10.9. The second kappa shape index (κ2) is 4.53. The summed E-state index contributed by atoms with van der Waals surface area (Å²) in [6.45, 7) is 7.65. The van der Waals surface area contributed by atoms with Crippen molar-refractivity contribution in [3.05, 3.63) is 0 Å². The first-order chi connectivity index (χ1) is 7.50. The van der Waals surface area contributed by atoms with Crippen molar-refractivity contribution in [1.82, 2.24) is 4.90 Å². The molecule has 2 aliphatic rings. The molecule has 2 saturated heterocycles. The fourth-order valence-electron chi connectivity index (χ4n) is 2.82. The summed E-state index contributed by atoms with van der Waals surface area (Å²) in [6.07, 6.45) is 1.13. The molecule has 0 saturated carbocycles. The van der Waals surface area contributed by atoms with Crippen LogP contribution < -0.4 is 0 Å². The van der Waals surface area contributed by atoms with Crippen LogP contribution in [0.25, 0.3) is 0 Å². The summed E-state index contributed by atoms with van der Waals surface area (Å²) in [5.74, 6) is 0.543. The second-order valence-electron chi connectivity index (χ2n) is 5.10. The van der Waals surface area contributed by atoms with E-state index in [2.05, 4.69) is 6.92 Å². The molecule has 5 atom stereocenters. The van der Waals surface area contributed by atoms with Crippen LogP contribution in [0.5, 0.6) is 0 Å². The molecule has 2 aliphatic heterocycles. The largest absolute Gasteiger partial charge is 0.374 e. The Bertz CT molecular complexity index is 284. The van der Waals surface area contributed by atoms with E-state index in [0.29, 0.717) is 12.5 Å². The predicted molar refractivity (Wildman–Crippen MR) is 63.5 cm³/mol. The second-order valence-corrected chi connectivity index (χ2v) is 5.72.